The van der Waals surface area contributed by atoms with Gasteiger partial charge in [-0.05, 0) is 24.3 Å². The van der Waals surface area contributed by atoms with E-state index < -0.39 is 7.32 Å². The van der Waals surface area contributed by atoms with Gasteiger partial charge in [0, 0.05) is 0 Å². The Kier molecular flexibility index (Phi) is 5.08. The molecular formula is C15H15BO3. The smallest absolute Gasteiger partial charge is 0.501 e. The van der Waals surface area contributed by atoms with Crippen molar-refractivity contribution in [3.8, 4) is 11.5 Å². The molecular weight excluding hydrogens is 239 g/mol. The summed E-state index contributed by atoms with van der Waals surface area (Å²) in [6.45, 7) is 3.96. The highest BCUT2D eigenvalue weighted by molar-refractivity contribution is 6.38. The second kappa shape index (κ2) is 7.29. The second-order valence-electron chi connectivity index (χ2n) is 3.77. The molecule has 2 aromatic carbocycles. The van der Waals surface area contributed by atoms with Crippen LogP contribution in [0, 0.1) is 0 Å². The molecule has 0 fully saturated rings. The molecule has 2 rings (SSSR count). The van der Waals surface area contributed by atoms with Crippen LogP contribution in [0.3, 0.4) is 0 Å². The lowest BCUT2D eigenvalue weighted by Crippen LogP contribution is -2.33. The van der Waals surface area contributed by atoms with Crippen LogP contribution in [0.2, 0.25) is 0 Å². The van der Waals surface area contributed by atoms with E-state index in [1.807, 2.05) is 60.7 Å². The summed E-state index contributed by atoms with van der Waals surface area (Å²) < 4.78 is 16.7. The molecule has 2 aromatic rings. The van der Waals surface area contributed by atoms with Crippen molar-refractivity contribution in [3.05, 3.63) is 73.3 Å². The first kappa shape index (κ1) is 13.2. The Morgan fingerprint density at radius 1 is 0.842 bits per heavy atom. The van der Waals surface area contributed by atoms with Crippen LogP contribution in [0.4, 0.5) is 0 Å². The molecule has 96 valence electrons. The minimum Gasteiger partial charge on any atom is -0.501 e. The standard InChI is InChI=1S/C15H15BO3/c1-2-13-17-16(18-14-9-5-3-6-10-14)19-15-11-7-4-8-12-15/h2-12H,1,13H2. The van der Waals surface area contributed by atoms with Gasteiger partial charge < -0.3 is 14.0 Å². The maximum Gasteiger partial charge on any atom is 0.788 e. The van der Waals surface area contributed by atoms with Gasteiger partial charge in [0.2, 0.25) is 0 Å². The van der Waals surface area contributed by atoms with Gasteiger partial charge in [-0.3, -0.25) is 0 Å². The van der Waals surface area contributed by atoms with E-state index in [-0.39, 0.29) is 0 Å². The third-order valence-electron chi connectivity index (χ3n) is 2.30. The zero-order valence-electron chi connectivity index (χ0n) is 10.6. The summed E-state index contributed by atoms with van der Waals surface area (Å²) in [4.78, 5) is 0. The summed E-state index contributed by atoms with van der Waals surface area (Å²) in [6.07, 6.45) is 1.65. The third kappa shape index (κ3) is 4.52. The summed E-state index contributed by atoms with van der Waals surface area (Å²) in [5, 5.41) is 0. The quantitative estimate of drug-likeness (QED) is 0.560. The molecule has 19 heavy (non-hydrogen) atoms. The normalized spacial score (nSPS) is 9.68. The zero-order chi connectivity index (χ0) is 13.3. The van der Waals surface area contributed by atoms with Crippen LogP contribution >= 0.6 is 0 Å². The fourth-order valence-electron chi connectivity index (χ4n) is 1.46. The largest absolute Gasteiger partial charge is 0.788 e. The van der Waals surface area contributed by atoms with Crippen LogP contribution in [-0.2, 0) is 4.65 Å². The van der Waals surface area contributed by atoms with Crippen molar-refractivity contribution in [2.24, 2.45) is 0 Å². The summed E-state index contributed by atoms with van der Waals surface area (Å²) >= 11 is 0. The van der Waals surface area contributed by atoms with E-state index >= 15 is 0 Å². The molecule has 0 saturated heterocycles. The van der Waals surface area contributed by atoms with E-state index in [1.54, 1.807) is 6.08 Å². The van der Waals surface area contributed by atoms with Crippen molar-refractivity contribution in [2.75, 3.05) is 6.61 Å². The van der Waals surface area contributed by atoms with Crippen LogP contribution in [0.25, 0.3) is 0 Å². The molecule has 0 bridgehead atoms. The molecule has 0 aliphatic heterocycles. The maximum absolute atomic E-state index is 5.63. The van der Waals surface area contributed by atoms with E-state index in [0.717, 1.165) is 0 Å². The van der Waals surface area contributed by atoms with Crippen LogP contribution in [0.5, 0.6) is 11.5 Å². The van der Waals surface area contributed by atoms with Crippen molar-refractivity contribution in [2.45, 2.75) is 0 Å². The van der Waals surface area contributed by atoms with Crippen molar-refractivity contribution in [1.82, 2.24) is 0 Å². The molecule has 0 atom stereocenters. The number of para-hydroxylation sites is 2. The Labute approximate surface area is 113 Å². The van der Waals surface area contributed by atoms with Gasteiger partial charge in [0.1, 0.15) is 11.5 Å². The first-order chi connectivity index (χ1) is 9.38. The van der Waals surface area contributed by atoms with E-state index in [9.17, 15) is 0 Å². The molecule has 0 aromatic heterocycles. The topological polar surface area (TPSA) is 27.7 Å². The highest BCUT2D eigenvalue weighted by Gasteiger charge is 2.26. The summed E-state index contributed by atoms with van der Waals surface area (Å²) in [7, 11) is -0.803. The van der Waals surface area contributed by atoms with Crippen LogP contribution in [-0.4, -0.2) is 13.9 Å². The minimum absolute atomic E-state index is 0.352. The van der Waals surface area contributed by atoms with Gasteiger partial charge in [0.15, 0.2) is 0 Å². The maximum atomic E-state index is 5.63. The fraction of sp³-hybridized carbons (Fsp3) is 0.0667. The van der Waals surface area contributed by atoms with Crippen molar-refractivity contribution < 1.29 is 14.0 Å². The second-order valence-corrected chi connectivity index (χ2v) is 3.77. The van der Waals surface area contributed by atoms with Crippen molar-refractivity contribution >= 4 is 7.32 Å². The molecule has 0 spiro atoms. The van der Waals surface area contributed by atoms with E-state index in [2.05, 4.69) is 6.58 Å². The highest BCUT2D eigenvalue weighted by atomic mass is 16.7. The SMILES string of the molecule is C=CCOB(Oc1ccccc1)Oc1ccccc1. The lowest BCUT2D eigenvalue weighted by molar-refractivity contribution is 0.223. The third-order valence-corrected chi connectivity index (χ3v) is 2.30. The fourth-order valence-corrected chi connectivity index (χ4v) is 1.46. The van der Waals surface area contributed by atoms with Gasteiger partial charge in [0.05, 0.1) is 6.61 Å². The summed E-state index contributed by atoms with van der Waals surface area (Å²) in [6, 6.07) is 18.8. The molecule has 0 heterocycles. The summed E-state index contributed by atoms with van der Waals surface area (Å²) in [5.74, 6) is 1.37. The first-order valence-electron chi connectivity index (χ1n) is 6.04. The van der Waals surface area contributed by atoms with Crippen LogP contribution in [0.15, 0.2) is 73.3 Å². The van der Waals surface area contributed by atoms with Crippen LogP contribution < -0.4 is 9.31 Å². The van der Waals surface area contributed by atoms with Gasteiger partial charge in [-0.15, -0.1) is 6.58 Å². The van der Waals surface area contributed by atoms with E-state index in [0.29, 0.717) is 18.1 Å². The average molecular weight is 254 g/mol. The molecule has 0 amide bonds. The Balaban J connectivity index is 2.01. The predicted octanol–water partition coefficient (Wildman–Crippen LogP) is 3.33. The van der Waals surface area contributed by atoms with Crippen molar-refractivity contribution in [1.29, 1.82) is 0 Å². The average Bonchev–Trinajstić information content (AvgIpc) is 2.47. The van der Waals surface area contributed by atoms with Crippen LogP contribution in [0.1, 0.15) is 0 Å². The van der Waals surface area contributed by atoms with E-state index in [4.69, 9.17) is 14.0 Å². The molecule has 0 aliphatic rings. The van der Waals surface area contributed by atoms with Gasteiger partial charge >= 0.3 is 7.32 Å². The molecule has 0 aliphatic carbocycles. The minimum atomic E-state index is -0.803. The van der Waals surface area contributed by atoms with Gasteiger partial charge in [-0.1, -0.05) is 42.5 Å². The number of rotatable bonds is 7. The summed E-state index contributed by atoms with van der Waals surface area (Å²) in [5.41, 5.74) is 0. The first-order valence-corrected chi connectivity index (χ1v) is 6.04. The highest BCUT2D eigenvalue weighted by Crippen LogP contribution is 2.14. The Morgan fingerprint density at radius 2 is 1.32 bits per heavy atom. The Bertz CT molecular complexity index is 446. The van der Waals surface area contributed by atoms with Crippen molar-refractivity contribution in [3.63, 3.8) is 0 Å². The molecule has 0 N–H and O–H groups in total. The van der Waals surface area contributed by atoms with Gasteiger partial charge in [-0.25, -0.2) is 0 Å². The van der Waals surface area contributed by atoms with Gasteiger partial charge in [0.25, 0.3) is 0 Å². The lowest BCUT2D eigenvalue weighted by atomic mass is 10.2. The monoisotopic (exact) mass is 254 g/mol. The number of hydrogen-bond acceptors (Lipinski definition) is 3. The van der Waals surface area contributed by atoms with E-state index in [1.165, 1.54) is 0 Å². The molecule has 0 unspecified atom stereocenters. The molecule has 3 nitrogen and oxygen atoms in total. The predicted molar refractivity (Wildman–Crippen MR) is 76.0 cm³/mol. The zero-order valence-corrected chi connectivity index (χ0v) is 10.6. The molecule has 4 heteroatoms. The molecule has 0 saturated carbocycles. The Hall–Kier alpha value is -2.20. The number of hydrogen-bond donors (Lipinski definition) is 0. The van der Waals surface area contributed by atoms with Gasteiger partial charge in [-0.2, -0.15) is 0 Å². The lowest BCUT2D eigenvalue weighted by Gasteiger charge is -2.15. The molecule has 0 radical (unpaired) electrons. The number of benzene rings is 2. The Morgan fingerprint density at radius 3 is 1.74 bits per heavy atom.